The standard InChI is InChI=1S/C7H11ClN4O/c1-12-7(9-5-10-12)11-6(13)3-2-4-8/h5H,2-4H2,1H3,(H,9,10,11,13). The third-order valence-corrected chi connectivity index (χ3v) is 1.77. The van der Waals surface area contributed by atoms with Gasteiger partial charge in [-0.3, -0.25) is 10.1 Å². The number of nitrogens with one attached hydrogen (secondary N) is 1. The van der Waals surface area contributed by atoms with Crippen molar-refractivity contribution in [2.45, 2.75) is 12.8 Å². The summed E-state index contributed by atoms with van der Waals surface area (Å²) in [7, 11) is 1.71. The number of carbonyl (C=O) groups excluding carboxylic acids is 1. The van der Waals surface area contributed by atoms with Crippen molar-refractivity contribution in [3.8, 4) is 0 Å². The van der Waals surface area contributed by atoms with Crippen LogP contribution < -0.4 is 5.32 Å². The van der Waals surface area contributed by atoms with Gasteiger partial charge in [0.25, 0.3) is 0 Å². The fourth-order valence-electron chi connectivity index (χ4n) is 0.824. The Bertz CT molecular complexity index is 286. The lowest BCUT2D eigenvalue weighted by molar-refractivity contribution is -0.116. The predicted octanol–water partition coefficient (Wildman–Crippen LogP) is 0.773. The number of halogens is 1. The van der Waals surface area contributed by atoms with Gasteiger partial charge in [0.05, 0.1) is 0 Å². The second kappa shape index (κ2) is 4.81. The predicted molar refractivity (Wildman–Crippen MR) is 49.6 cm³/mol. The molecule has 0 radical (unpaired) electrons. The number of anilines is 1. The Labute approximate surface area is 81.1 Å². The molecule has 0 saturated carbocycles. The zero-order valence-electron chi connectivity index (χ0n) is 7.33. The van der Waals surface area contributed by atoms with Crippen molar-refractivity contribution in [3.63, 3.8) is 0 Å². The van der Waals surface area contributed by atoms with E-state index >= 15 is 0 Å². The van der Waals surface area contributed by atoms with Crippen LogP contribution in [0.15, 0.2) is 6.33 Å². The van der Waals surface area contributed by atoms with Gasteiger partial charge in [0.15, 0.2) is 0 Å². The minimum absolute atomic E-state index is 0.0863. The fraction of sp³-hybridized carbons (Fsp3) is 0.571. The molecule has 0 spiro atoms. The van der Waals surface area contributed by atoms with E-state index in [1.807, 2.05) is 0 Å². The SMILES string of the molecule is Cn1ncnc1NC(=O)CCCCl. The molecule has 72 valence electrons. The zero-order valence-corrected chi connectivity index (χ0v) is 8.08. The maximum absolute atomic E-state index is 11.2. The van der Waals surface area contributed by atoms with Gasteiger partial charge >= 0.3 is 0 Å². The maximum atomic E-state index is 11.2. The van der Waals surface area contributed by atoms with Crippen molar-refractivity contribution in [2.24, 2.45) is 7.05 Å². The molecule has 0 bridgehead atoms. The summed E-state index contributed by atoms with van der Waals surface area (Å²) in [6, 6.07) is 0. The van der Waals surface area contributed by atoms with Crippen LogP contribution in [0.4, 0.5) is 5.95 Å². The highest BCUT2D eigenvalue weighted by molar-refractivity contribution is 6.18. The Morgan fingerprint density at radius 3 is 3.08 bits per heavy atom. The van der Waals surface area contributed by atoms with Gasteiger partial charge in [-0.25, -0.2) is 4.68 Å². The number of carbonyl (C=O) groups is 1. The van der Waals surface area contributed by atoms with Gasteiger partial charge in [-0.1, -0.05) is 0 Å². The minimum atomic E-state index is -0.0863. The third kappa shape index (κ3) is 3.02. The highest BCUT2D eigenvalue weighted by Gasteiger charge is 2.05. The van der Waals surface area contributed by atoms with E-state index in [0.717, 1.165) is 0 Å². The van der Waals surface area contributed by atoms with Gasteiger partial charge in [0.1, 0.15) is 6.33 Å². The summed E-state index contributed by atoms with van der Waals surface area (Å²) in [5.74, 6) is 0.864. The van der Waals surface area contributed by atoms with Gasteiger partial charge in [0, 0.05) is 19.3 Å². The summed E-state index contributed by atoms with van der Waals surface area (Å²) < 4.78 is 1.50. The van der Waals surface area contributed by atoms with E-state index in [0.29, 0.717) is 24.7 Å². The van der Waals surface area contributed by atoms with E-state index in [2.05, 4.69) is 15.4 Å². The Balaban J connectivity index is 2.41. The van der Waals surface area contributed by atoms with Crippen molar-refractivity contribution in [2.75, 3.05) is 11.2 Å². The molecule has 1 aromatic rings. The molecule has 0 unspecified atom stereocenters. The highest BCUT2D eigenvalue weighted by Crippen LogP contribution is 2.00. The van der Waals surface area contributed by atoms with E-state index in [1.54, 1.807) is 7.05 Å². The first kappa shape index (κ1) is 9.98. The van der Waals surface area contributed by atoms with Crippen LogP contribution in [-0.2, 0) is 11.8 Å². The van der Waals surface area contributed by atoms with Crippen LogP contribution in [0.1, 0.15) is 12.8 Å². The average Bonchev–Trinajstić information content (AvgIpc) is 2.48. The van der Waals surface area contributed by atoms with Crippen LogP contribution in [0.2, 0.25) is 0 Å². The maximum Gasteiger partial charge on any atom is 0.227 e. The van der Waals surface area contributed by atoms with E-state index in [-0.39, 0.29) is 5.91 Å². The molecule has 0 aliphatic rings. The fourth-order valence-corrected chi connectivity index (χ4v) is 0.958. The van der Waals surface area contributed by atoms with Crippen LogP contribution in [0.25, 0.3) is 0 Å². The molecular formula is C7H11ClN4O. The molecule has 1 aromatic heterocycles. The summed E-state index contributed by atoms with van der Waals surface area (Å²) in [5.41, 5.74) is 0. The highest BCUT2D eigenvalue weighted by atomic mass is 35.5. The van der Waals surface area contributed by atoms with Crippen LogP contribution in [0.3, 0.4) is 0 Å². The molecule has 0 fully saturated rings. The van der Waals surface area contributed by atoms with Crippen molar-refractivity contribution >= 4 is 23.5 Å². The van der Waals surface area contributed by atoms with E-state index in [9.17, 15) is 4.79 Å². The molecule has 1 N–H and O–H groups in total. The number of hydrogen-bond acceptors (Lipinski definition) is 3. The van der Waals surface area contributed by atoms with Gasteiger partial charge in [-0.15, -0.1) is 11.6 Å². The lowest BCUT2D eigenvalue weighted by Gasteiger charge is -2.01. The number of rotatable bonds is 4. The zero-order chi connectivity index (χ0) is 9.68. The first-order valence-corrected chi connectivity index (χ1v) is 4.47. The summed E-state index contributed by atoms with van der Waals surface area (Å²) in [6.45, 7) is 0. The molecule has 1 rings (SSSR count). The van der Waals surface area contributed by atoms with Crippen LogP contribution in [-0.4, -0.2) is 26.6 Å². The number of aryl methyl sites for hydroxylation is 1. The molecule has 13 heavy (non-hydrogen) atoms. The van der Waals surface area contributed by atoms with Crippen molar-refractivity contribution < 1.29 is 4.79 Å². The molecule has 0 atom stereocenters. The van der Waals surface area contributed by atoms with Gasteiger partial charge in [0.2, 0.25) is 11.9 Å². The molecular weight excluding hydrogens is 192 g/mol. The number of nitrogens with zero attached hydrogens (tertiary/aromatic N) is 3. The monoisotopic (exact) mass is 202 g/mol. The minimum Gasteiger partial charge on any atom is -0.295 e. The Morgan fingerprint density at radius 2 is 2.54 bits per heavy atom. The first-order chi connectivity index (χ1) is 6.24. The van der Waals surface area contributed by atoms with Crippen LogP contribution >= 0.6 is 11.6 Å². The van der Waals surface area contributed by atoms with Crippen LogP contribution in [0, 0.1) is 0 Å². The van der Waals surface area contributed by atoms with Crippen molar-refractivity contribution in [3.05, 3.63) is 6.33 Å². The smallest absolute Gasteiger partial charge is 0.227 e. The summed E-state index contributed by atoms with van der Waals surface area (Å²) in [4.78, 5) is 15.0. The number of amides is 1. The van der Waals surface area contributed by atoms with Crippen LogP contribution in [0.5, 0.6) is 0 Å². The van der Waals surface area contributed by atoms with Gasteiger partial charge in [-0.05, 0) is 6.42 Å². The Morgan fingerprint density at radius 1 is 1.77 bits per heavy atom. The van der Waals surface area contributed by atoms with Crippen molar-refractivity contribution in [1.82, 2.24) is 14.8 Å². The summed E-state index contributed by atoms with van der Waals surface area (Å²) in [5, 5.41) is 6.43. The lowest BCUT2D eigenvalue weighted by atomic mass is 10.3. The number of hydrogen-bond donors (Lipinski definition) is 1. The summed E-state index contributed by atoms with van der Waals surface area (Å²) in [6.07, 6.45) is 2.47. The molecule has 0 saturated heterocycles. The third-order valence-electron chi connectivity index (χ3n) is 1.50. The largest absolute Gasteiger partial charge is 0.295 e. The average molecular weight is 203 g/mol. The molecule has 1 amide bonds. The quantitative estimate of drug-likeness (QED) is 0.734. The Kier molecular flexibility index (Phi) is 3.70. The van der Waals surface area contributed by atoms with Gasteiger partial charge < -0.3 is 0 Å². The second-order valence-electron chi connectivity index (χ2n) is 2.55. The topological polar surface area (TPSA) is 59.8 Å². The number of aromatic nitrogens is 3. The molecule has 6 heteroatoms. The molecule has 0 aliphatic heterocycles. The molecule has 0 aromatic carbocycles. The second-order valence-corrected chi connectivity index (χ2v) is 2.93. The van der Waals surface area contributed by atoms with E-state index in [4.69, 9.17) is 11.6 Å². The van der Waals surface area contributed by atoms with Gasteiger partial charge in [-0.2, -0.15) is 10.1 Å². The van der Waals surface area contributed by atoms with E-state index < -0.39 is 0 Å². The molecule has 1 heterocycles. The number of alkyl halides is 1. The van der Waals surface area contributed by atoms with E-state index in [1.165, 1.54) is 11.0 Å². The molecule has 5 nitrogen and oxygen atoms in total. The molecule has 0 aliphatic carbocycles. The summed E-state index contributed by atoms with van der Waals surface area (Å²) >= 11 is 5.45. The lowest BCUT2D eigenvalue weighted by Crippen LogP contribution is -2.14. The first-order valence-electron chi connectivity index (χ1n) is 3.94. The normalized spacial score (nSPS) is 10.0. The Hall–Kier alpha value is -1.10. The van der Waals surface area contributed by atoms with Crippen molar-refractivity contribution in [1.29, 1.82) is 0 Å².